The maximum absolute atomic E-state index is 11.8. The molecule has 0 saturated heterocycles. The summed E-state index contributed by atoms with van der Waals surface area (Å²) in [5.74, 6) is 4.62. The van der Waals surface area contributed by atoms with E-state index in [1.165, 1.54) is 12.1 Å². The van der Waals surface area contributed by atoms with Gasteiger partial charge in [0.15, 0.2) is 0 Å². The number of nitrogens with zero attached hydrogens (tertiary/aromatic N) is 1. The predicted molar refractivity (Wildman–Crippen MR) is 70.1 cm³/mol. The molecule has 21 heavy (non-hydrogen) atoms. The number of hydrogen-bond acceptors (Lipinski definition) is 6. The maximum atomic E-state index is 11.8. The zero-order valence-electron chi connectivity index (χ0n) is 10.8. The van der Waals surface area contributed by atoms with Gasteiger partial charge in [-0.25, -0.2) is 8.78 Å². The molecule has 0 fully saturated rings. The van der Waals surface area contributed by atoms with Crippen molar-refractivity contribution in [1.29, 1.82) is 0 Å². The van der Waals surface area contributed by atoms with Crippen LogP contribution >= 0.6 is 0 Å². The van der Waals surface area contributed by atoms with E-state index >= 15 is 0 Å². The normalized spacial score (nSPS) is 10.5. The van der Waals surface area contributed by atoms with Crippen molar-refractivity contribution in [1.82, 2.24) is 5.32 Å². The van der Waals surface area contributed by atoms with Gasteiger partial charge in [-0.1, -0.05) is 0 Å². The van der Waals surface area contributed by atoms with Crippen LogP contribution in [0.1, 0.15) is 10.4 Å². The summed E-state index contributed by atoms with van der Waals surface area (Å²) in [7, 11) is 0. The van der Waals surface area contributed by atoms with Crippen LogP contribution in [0.25, 0.3) is 0 Å². The fourth-order valence-corrected chi connectivity index (χ4v) is 1.46. The molecule has 4 N–H and O–H groups in total. The van der Waals surface area contributed by atoms with Crippen LogP contribution in [0, 0.1) is 10.1 Å². The fourth-order valence-electron chi connectivity index (χ4n) is 1.46. The Labute approximate surface area is 118 Å². The van der Waals surface area contributed by atoms with Crippen molar-refractivity contribution in [2.24, 2.45) is 5.84 Å². The Bertz CT molecular complexity index is 513. The van der Waals surface area contributed by atoms with E-state index in [2.05, 4.69) is 15.5 Å². The van der Waals surface area contributed by atoms with Crippen molar-refractivity contribution in [3.63, 3.8) is 0 Å². The molecule has 0 aliphatic carbocycles. The van der Waals surface area contributed by atoms with Crippen LogP contribution in [0.5, 0.6) is 0 Å². The van der Waals surface area contributed by atoms with Gasteiger partial charge < -0.3 is 15.5 Å². The standard InChI is InChI=1S/C11H14F2N4O4/c12-10(13)6-21-4-3-15-11(18)7-1-2-9(17(19)20)8(5-7)16-14/h1-2,5,10,16H,3-4,6,14H2,(H,15,18). The van der Waals surface area contributed by atoms with E-state index in [9.17, 15) is 23.7 Å². The number of halogens is 2. The molecule has 1 rings (SSSR count). The van der Waals surface area contributed by atoms with Gasteiger partial charge in [0.05, 0.1) is 11.5 Å². The van der Waals surface area contributed by atoms with Crippen LogP contribution < -0.4 is 16.6 Å². The topological polar surface area (TPSA) is 120 Å². The molecule has 1 aromatic rings. The number of ether oxygens (including phenoxy) is 1. The highest BCUT2D eigenvalue weighted by atomic mass is 19.3. The largest absolute Gasteiger partial charge is 0.374 e. The summed E-state index contributed by atoms with van der Waals surface area (Å²) in [6.07, 6.45) is -2.56. The van der Waals surface area contributed by atoms with Crippen LogP contribution in [0.2, 0.25) is 0 Å². The monoisotopic (exact) mass is 304 g/mol. The lowest BCUT2D eigenvalue weighted by atomic mass is 10.1. The van der Waals surface area contributed by atoms with E-state index in [4.69, 9.17) is 5.84 Å². The Balaban J connectivity index is 2.56. The Morgan fingerprint density at radius 2 is 2.19 bits per heavy atom. The SMILES string of the molecule is NNc1cc(C(=O)NCCOCC(F)F)ccc1[N+](=O)[O-]. The van der Waals surface area contributed by atoms with Crippen molar-refractivity contribution < 1.29 is 23.2 Å². The number of hydrazine groups is 1. The molecule has 0 aromatic heterocycles. The summed E-state index contributed by atoms with van der Waals surface area (Å²) in [5.41, 5.74) is 1.99. The molecule has 0 radical (unpaired) electrons. The van der Waals surface area contributed by atoms with E-state index < -0.39 is 23.9 Å². The average Bonchev–Trinajstić information content (AvgIpc) is 2.45. The van der Waals surface area contributed by atoms with Gasteiger partial charge in [-0.15, -0.1) is 0 Å². The van der Waals surface area contributed by atoms with Gasteiger partial charge in [0, 0.05) is 18.2 Å². The van der Waals surface area contributed by atoms with E-state index in [0.717, 1.165) is 6.07 Å². The number of nitrogens with one attached hydrogen (secondary N) is 2. The van der Waals surface area contributed by atoms with Crippen molar-refractivity contribution in [3.05, 3.63) is 33.9 Å². The molecule has 1 amide bonds. The minimum atomic E-state index is -2.56. The third-order valence-corrected chi connectivity index (χ3v) is 2.39. The van der Waals surface area contributed by atoms with Crippen LogP contribution in [-0.4, -0.2) is 37.0 Å². The lowest BCUT2D eigenvalue weighted by molar-refractivity contribution is -0.384. The molecule has 0 saturated carbocycles. The summed E-state index contributed by atoms with van der Waals surface area (Å²) >= 11 is 0. The third-order valence-electron chi connectivity index (χ3n) is 2.39. The van der Waals surface area contributed by atoms with Gasteiger partial charge in [0.1, 0.15) is 12.3 Å². The Kier molecular flexibility index (Phi) is 6.43. The molecular formula is C11H14F2N4O4. The Hall–Kier alpha value is -2.33. The Morgan fingerprint density at radius 3 is 2.76 bits per heavy atom. The zero-order chi connectivity index (χ0) is 15.8. The number of amides is 1. The Morgan fingerprint density at radius 1 is 1.48 bits per heavy atom. The second-order valence-electron chi connectivity index (χ2n) is 3.86. The van der Waals surface area contributed by atoms with Crippen LogP contribution in [0.15, 0.2) is 18.2 Å². The maximum Gasteiger partial charge on any atom is 0.293 e. The first-order chi connectivity index (χ1) is 9.95. The molecule has 0 atom stereocenters. The van der Waals surface area contributed by atoms with Crippen LogP contribution in [0.4, 0.5) is 20.2 Å². The number of nitro groups is 1. The number of alkyl halides is 2. The quantitative estimate of drug-likeness (QED) is 0.284. The number of anilines is 1. The van der Waals surface area contributed by atoms with Crippen molar-refractivity contribution in [2.45, 2.75) is 6.43 Å². The molecular weight excluding hydrogens is 290 g/mol. The van der Waals surface area contributed by atoms with Crippen molar-refractivity contribution in [2.75, 3.05) is 25.2 Å². The second kappa shape index (κ2) is 8.07. The third kappa shape index (κ3) is 5.28. The van der Waals surface area contributed by atoms with Crippen molar-refractivity contribution in [3.8, 4) is 0 Å². The molecule has 8 nitrogen and oxygen atoms in total. The number of benzene rings is 1. The number of nitrogen functional groups attached to an aromatic ring is 1. The van der Waals surface area contributed by atoms with Crippen LogP contribution in [0.3, 0.4) is 0 Å². The number of rotatable bonds is 8. The lowest BCUT2D eigenvalue weighted by Crippen LogP contribution is -2.28. The summed E-state index contributed by atoms with van der Waals surface area (Å²) in [5, 5.41) is 13.1. The van der Waals surface area contributed by atoms with Gasteiger partial charge >= 0.3 is 0 Å². The lowest BCUT2D eigenvalue weighted by Gasteiger charge is -2.08. The van der Waals surface area contributed by atoms with Gasteiger partial charge in [0.25, 0.3) is 18.0 Å². The predicted octanol–water partition coefficient (Wildman–Crippen LogP) is 0.892. The summed E-state index contributed by atoms with van der Waals surface area (Å²) in [4.78, 5) is 21.8. The molecule has 0 bridgehead atoms. The molecule has 10 heteroatoms. The number of nitro benzene ring substituents is 1. The first kappa shape index (κ1) is 16.7. The zero-order valence-corrected chi connectivity index (χ0v) is 10.8. The average molecular weight is 304 g/mol. The van der Waals surface area contributed by atoms with E-state index in [1.807, 2.05) is 0 Å². The van der Waals surface area contributed by atoms with Gasteiger partial charge in [0.2, 0.25) is 0 Å². The first-order valence-electron chi connectivity index (χ1n) is 5.85. The first-order valence-corrected chi connectivity index (χ1v) is 5.85. The molecule has 0 spiro atoms. The highest BCUT2D eigenvalue weighted by Crippen LogP contribution is 2.24. The second-order valence-corrected chi connectivity index (χ2v) is 3.86. The smallest absolute Gasteiger partial charge is 0.293 e. The number of nitrogens with two attached hydrogens (primary N) is 1. The van der Waals surface area contributed by atoms with Gasteiger partial charge in [-0.05, 0) is 12.1 Å². The van der Waals surface area contributed by atoms with E-state index in [1.54, 1.807) is 0 Å². The molecule has 0 aliphatic rings. The van der Waals surface area contributed by atoms with Crippen molar-refractivity contribution >= 4 is 17.3 Å². The number of carbonyl (C=O) groups is 1. The van der Waals surface area contributed by atoms with Crippen LogP contribution in [-0.2, 0) is 4.74 Å². The van der Waals surface area contributed by atoms with Gasteiger partial charge in [-0.2, -0.15) is 0 Å². The fraction of sp³-hybridized carbons (Fsp3) is 0.364. The summed E-state index contributed by atoms with van der Waals surface area (Å²) < 4.78 is 28.2. The highest BCUT2D eigenvalue weighted by Gasteiger charge is 2.15. The molecule has 116 valence electrons. The minimum absolute atomic E-state index is 0.0124. The van der Waals surface area contributed by atoms with Gasteiger partial charge in [-0.3, -0.25) is 20.8 Å². The van der Waals surface area contributed by atoms with E-state index in [0.29, 0.717) is 0 Å². The molecule has 0 heterocycles. The summed E-state index contributed by atoms with van der Waals surface area (Å²) in [6.45, 7) is -0.729. The molecule has 0 aliphatic heterocycles. The minimum Gasteiger partial charge on any atom is -0.374 e. The van der Waals surface area contributed by atoms with E-state index in [-0.39, 0.29) is 30.1 Å². The molecule has 0 unspecified atom stereocenters. The molecule has 1 aromatic carbocycles. The number of hydrogen-bond donors (Lipinski definition) is 3. The number of carbonyl (C=O) groups excluding carboxylic acids is 1. The highest BCUT2D eigenvalue weighted by molar-refractivity contribution is 5.95. The summed E-state index contributed by atoms with van der Waals surface area (Å²) in [6, 6.07) is 3.61.